The summed E-state index contributed by atoms with van der Waals surface area (Å²) < 4.78 is 20.4. The van der Waals surface area contributed by atoms with E-state index in [9.17, 15) is 9.59 Å². The molecular formula is C16H21NO6. The monoisotopic (exact) mass is 323 g/mol. The molecule has 1 amide bonds. The summed E-state index contributed by atoms with van der Waals surface area (Å²) in [6.45, 7) is -0.175. The number of carbonyl (C=O) groups excluding carboxylic acids is 2. The summed E-state index contributed by atoms with van der Waals surface area (Å²) in [7, 11) is 6.22. The Labute approximate surface area is 135 Å². The van der Waals surface area contributed by atoms with Gasteiger partial charge in [-0.05, 0) is 17.7 Å². The van der Waals surface area contributed by atoms with Gasteiger partial charge in [-0.3, -0.25) is 4.79 Å². The number of likely N-dealkylation sites (tertiary alicyclic amines) is 1. The second-order valence-corrected chi connectivity index (χ2v) is 5.26. The largest absolute Gasteiger partial charge is 0.497 e. The lowest BCUT2D eigenvalue weighted by Crippen LogP contribution is -2.30. The van der Waals surface area contributed by atoms with E-state index in [-0.39, 0.29) is 18.6 Å². The third kappa shape index (κ3) is 3.73. The molecule has 0 spiro atoms. The Kier molecular flexibility index (Phi) is 5.44. The van der Waals surface area contributed by atoms with Crippen LogP contribution < -0.4 is 9.47 Å². The second-order valence-electron chi connectivity index (χ2n) is 5.26. The van der Waals surface area contributed by atoms with Crippen molar-refractivity contribution in [1.29, 1.82) is 0 Å². The van der Waals surface area contributed by atoms with Crippen molar-refractivity contribution < 1.29 is 28.5 Å². The molecule has 1 heterocycles. The minimum Gasteiger partial charge on any atom is -0.497 e. The average Bonchev–Trinajstić information content (AvgIpc) is 2.83. The maximum atomic E-state index is 12.3. The molecule has 2 atom stereocenters. The van der Waals surface area contributed by atoms with Crippen LogP contribution in [0.1, 0.15) is 18.0 Å². The molecule has 1 saturated heterocycles. The van der Waals surface area contributed by atoms with Gasteiger partial charge in [-0.1, -0.05) is 0 Å². The smallest absolute Gasteiger partial charge is 0.332 e. The van der Waals surface area contributed by atoms with Gasteiger partial charge in [0.15, 0.2) is 6.10 Å². The van der Waals surface area contributed by atoms with Crippen LogP contribution in [0.25, 0.3) is 0 Å². The maximum absolute atomic E-state index is 12.3. The fraction of sp³-hybridized carbons (Fsp3) is 0.500. The quantitative estimate of drug-likeness (QED) is 0.732. The molecule has 1 aliphatic rings. The van der Waals surface area contributed by atoms with Crippen molar-refractivity contribution in [2.75, 3.05) is 35.0 Å². The summed E-state index contributed by atoms with van der Waals surface area (Å²) in [6, 6.07) is 5.23. The SMILES string of the molecule is COCC(=O)O[C@@H]1C[C@@H](c2cc(OC)cc(OC)c2)N(C)C1=O. The number of nitrogens with zero attached hydrogens (tertiary/aromatic N) is 1. The van der Waals surface area contributed by atoms with Gasteiger partial charge in [0.05, 0.1) is 20.3 Å². The Morgan fingerprint density at radius 3 is 2.30 bits per heavy atom. The Morgan fingerprint density at radius 1 is 1.17 bits per heavy atom. The summed E-state index contributed by atoms with van der Waals surface area (Å²) in [4.78, 5) is 25.4. The van der Waals surface area contributed by atoms with E-state index in [4.69, 9.17) is 18.9 Å². The number of methoxy groups -OCH3 is 3. The molecule has 0 N–H and O–H groups in total. The van der Waals surface area contributed by atoms with Crippen LogP contribution in [0.3, 0.4) is 0 Å². The van der Waals surface area contributed by atoms with Gasteiger partial charge < -0.3 is 23.8 Å². The molecule has 1 fully saturated rings. The number of esters is 1. The fourth-order valence-corrected chi connectivity index (χ4v) is 2.63. The Hall–Kier alpha value is -2.28. The van der Waals surface area contributed by atoms with Gasteiger partial charge >= 0.3 is 5.97 Å². The first-order valence-electron chi connectivity index (χ1n) is 7.18. The molecule has 7 nitrogen and oxygen atoms in total. The number of rotatable bonds is 6. The van der Waals surface area contributed by atoms with E-state index < -0.39 is 12.1 Å². The van der Waals surface area contributed by atoms with Crippen molar-refractivity contribution in [3.63, 3.8) is 0 Å². The van der Waals surface area contributed by atoms with Gasteiger partial charge in [0.2, 0.25) is 0 Å². The Bertz CT molecular complexity index is 566. The molecule has 1 aromatic rings. The minimum atomic E-state index is -0.801. The van der Waals surface area contributed by atoms with Gasteiger partial charge in [0.1, 0.15) is 18.1 Å². The fourth-order valence-electron chi connectivity index (χ4n) is 2.63. The normalized spacial score (nSPS) is 20.5. The van der Waals surface area contributed by atoms with Crippen molar-refractivity contribution in [2.45, 2.75) is 18.6 Å². The summed E-state index contributed by atoms with van der Waals surface area (Å²) in [5, 5.41) is 0. The predicted molar refractivity (Wildman–Crippen MR) is 81.4 cm³/mol. The molecule has 0 aromatic heterocycles. The Morgan fingerprint density at radius 2 is 1.78 bits per heavy atom. The van der Waals surface area contributed by atoms with E-state index in [0.717, 1.165) is 5.56 Å². The molecule has 0 unspecified atom stereocenters. The van der Waals surface area contributed by atoms with E-state index in [1.165, 1.54) is 7.11 Å². The van der Waals surface area contributed by atoms with Crippen LogP contribution in [0.5, 0.6) is 11.5 Å². The third-order valence-electron chi connectivity index (χ3n) is 3.82. The number of ether oxygens (including phenoxy) is 4. The number of benzene rings is 1. The van der Waals surface area contributed by atoms with E-state index in [2.05, 4.69) is 0 Å². The number of likely N-dealkylation sites (N-methyl/N-ethyl adjacent to an activating group) is 1. The lowest BCUT2D eigenvalue weighted by Gasteiger charge is -2.20. The molecular weight excluding hydrogens is 302 g/mol. The van der Waals surface area contributed by atoms with Crippen LogP contribution in [-0.2, 0) is 19.1 Å². The lowest BCUT2D eigenvalue weighted by atomic mass is 10.0. The lowest BCUT2D eigenvalue weighted by molar-refractivity contribution is -0.159. The van der Waals surface area contributed by atoms with Crippen LogP contribution in [-0.4, -0.2) is 57.9 Å². The van der Waals surface area contributed by atoms with Crippen molar-refractivity contribution in [2.24, 2.45) is 0 Å². The molecule has 0 radical (unpaired) electrons. The molecule has 2 rings (SSSR count). The van der Waals surface area contributed by atoms with Crippen LogP contribution in [0, 0.1) is 0 Å². The summed E-state index contributed by atoms with van der Waals surface area (Å²) in [6.07, 6.45) is -0.425. The third-order valence-corrected chi connectivity index (χ3v) is 3.82. The van der Waals surface area contributed by atoms with Crippen LogP contribution >= 0.6 is 0 Å². The van der Waals surface area contributed by atoms with Crippen molar-refractivity contribution in [3.8, 4) is 11.5 Å². The highest BCUT2D eigenvalue weighted by atomic mass is 16.6. The first kappa shape index (κ1) is 17.1. The molecule has 1 aromatic carbocycles. The zero-order valence-electron chi connectivity index (χ0n) is 13.7. The van der Waals surface area contributed by atoms with Gasteiger partial charge in [-0.25, -0.2) is 4.79 Å². The van der Waals surface area contributed by atoms with E-state index >= 15 is 0 Å². The molecule has 126 valence electrons. The predicted octanol–water partition coefficient (Wildman–Crippen LogP) is 1.17. The standard InChI is InChI=1S/C16H21NO6/c1-17-13(8-14(16(17)19)23-15(18)9-20-2)10-5-11(21-3)7-12(6-10)22-4/h5-7,13-14H,8-9H2,1-4H3/t13-,14+/m0/s1. The number of carbonyl (C=O) groups is 2. The first-order valence-corrected chi connectivity index (χ1v) is 7.18. The van der Waals surface area contributed by atoms with E-state index in [1.807, 2.05) is 12.1 Å². The van der Waals surface area contributed by atoms with Gasteiger partial charge in [-0.15, -0.1) is 0 Å². The van der Waals surface area contributed by atoms with Crippen molar-refractivity contribution >= 4 is 11.9 Å². The summed E-state index contributed by atoms with van der Waals surface area (Å²) in [5.74, 6) is 0.490. The zero-order chi connectivity index (χ0) is 17.0. The summed E-state index contributed by atoms with van der Waals surface area (Å²) >= 11 is 0. The van der Waals surface area contributed by atoms with Gasteiger partial charge in [0, 0.05) is 26.6 Å². The summed E-state index contributed by atoms with van der Waals surface area (Å²) in [5.41, 5.74) is 0.863. The molecule has 0 aliphatic carbocycles. The number of amides is 1. The first-order chi connectivity index (χ1) is 11.0. The molecule has 1 aliphatic heterocycles. The second kappa shape index (κ2) is 7.32. The van der Waals surface area contributed by atoms with Crippen LogP contribution in [0.15, 0.2) is 18.2 Å². The maximum Gasteiger partial charge on any atom is 0.332 e. The topological polar surface area (TPSA) is 74.3 Å². The van der Waals surface area contributed by atoms with Crippen LogP contribution in [0.2, 0.25) is 0 Å². The molecule has 23 heavy (non-hydrogen) atoms. The highest BCUT2D eigenvalue weighted by Gasteiger charge is 2.40. The Balaban J connectivity index is 2.20. The van der Waals surface area contributed by atoms with Crippen molar-refractivity contribution in [3.05, 3.63) is 23.8 Å². The number of hydrogen-bond acceptors (Lipinski definition) is 6. The highest BCUT2D eigenvalue weighted by molar-refractivity contribution is 5.86. The van der Waals surface area contributed by atoms with Crippen molar-refractivity contribution in [1.82, 2.24) is 4.90 Å². The highest BCUT2D eigenvalue weighted by Crippen LogP contribution is 2.36. The van der Waals surface area contributed by atoms with E-state index in [0.29, 0.717) is 17.9 Å². The average molecular weight is 323 g/mol. The van der Waals surface area contributed by atoms with Gasteiger partial charge in [0.25, 0.3) is 5.91 Å². The molecule has 0 bridgehead atoms. The number of hydrogen-bond donors (Lipinski definition) is 0. The minimum absolute atomic E-state index is 0.175. The van der Waals surface area contributed by atoms with E-state index in [1.54, 1.807) is 32.2 Å². The van der Waals surface area contributed by atoms with Crippen LogP contribution in [0.4, 0.5) is 0 Å². The molecule has 0 saturated carbocycles. The molecule has 7 heteroatoms. The zero-order valence-corrected chi connectivity index (χ0v) is 13.7. The van der Waals surface area contributed by atoms with Gasteiger partial charge in [-0.2, -0.15) is 0 Å².